The van der Waals surface area contributed by atoms with Crippen molar-refractivity contribution in [1.29, 1.82) is 0 Å². The Labute approximate surface area is 165 Å². The van der Waals surface area contributed by atoms with E-state index in [1.165, 1.54) is 0 Å². The van der Waals surface area contributed by atoms with Gasteiger partial charge in [0.15, 0.2) is 11.5 Å². The number of ether oxygens (including phenoxy) is 2. The van der Waals surface area contributed by atoms with Gasteiger partial charge in [-0.05, 0) is 37.3 Å². The zero-order valence-electron chi connectivity index (χ0n) is 16.3. The maximum Gasteiger partial charge on any atom is 0.254 e. The van der Waals surface area contributed by atoms with Gasteiger partial charge in [0.05, 0.1) is 14.2 Å². The number of thioether (sulfide) groups is 1. The molecule has 1 aromatic carbocycles. The Morgan fingerprint density at radius 3 is 2.41 bits per heavy atom. The quantitative estimate of drug-likeness (QED) is 0.745. The van der Waals surface area contributed by atoms with Crippen LogP contribution in [0.5, 0.6) is 11.5 Å². The standard InChI is InChI=1S/C20H28N2O4S/c1-25-16-5-4-15(12-17(16)26-2)19(24)22-10-8-20(14-22)7-9-21(13-20)18(23)6-11-27-3/h4-5,12H,6-11,13-14H2,1-3H3. The van der Waals surface area contributed by atoms with Crippen LogP contribution in [0.15, 0.2) is 18.2 Å². The summed E-state index contributed by atoms with van der Waals surface area (Å²) in [6.45, 7) is 3.04. The summed E-state index contributed by atoms with van der Waals surface area (Å²) in [4.78, 5) is 29.2. The van der Waals surface area contributed by atoms with Crippen molar-refractivity contribution in [3.63, 3.8) is 0 Å². The van der Waals surface area contributed by atoms with Crippen LogP contribution in [0.1, 0.15) is 29.6 Å². The third-order valence-electron chi connectivity index (χ3n) is 5.67. The van der Waals surface area contributed by atoms with Gasteiger partial charge in [-0.25, -0.2) is 0 Å². The minimum absolute atomic E-state index is 0.0139. The lowest BCUT2D eigenvalue weighted by Crippen LogP contribution is -2.35. The van der Waals surface area contributed by atoms with Gasteiger partial charge in [-0.3, -0.25) is 9.59 Å². The van der Waals surface area contributed by atoms with E-state index in [1.54, 1.807) is 44.2 Å². The van der Waals surface area contributed by atoms with Crippen LogP contribution >= 0.6 is 11.8 Å². The highest BCUT2D eigenvalue weighted by Crippen LogP contribution is 2.40. The predicted octanol–water partition coefficient (Wildman–Crippen LogP) is 2.52. The highest BCUT2D eigenvalue weighted by atomic mass is 32.2. The summed E-state index contributed by atoms with van der Waals surface area (Å²) in [6, 6.07) is 5.28. The molecule has 0 bridgehead atoms. The molecule has 0 aliphatic carbocycles. The Balaban J connectivity index is 1.64. The Kier molecular flexibility index (Phi) is 6.19. The molecule has 1 unspecified atom stereocenters. The molecule has 2 amide bonds. The molecule has 3 rings (SSSR count). The number of hydrogen-bond acceptors (Lipinski definition) is 5. The molecule has 27 heavy (non-hydrogen) atoms. The van der Waals surface area contributed by atoms with Gasteiger partial charge in [0.25, 0.3) is 5.91 Å². The lowest BCUT2D eigenvalue weighted by molar-refractivity contribution is -0.130. The first-order valence-electron chi connectivity index (χ1n) is 9.30. The Morgan fingerprint density at radius 1 is 1.07 bits per heavy atom. The zero-order chi connectivity index (χ0) is 19.4. The zero-order valence-corrected chi connectivity index (χ0v) is 17.1. The number of nitrogens with zero attached hydrogens (tertiary/aromatic N) is 2. The fourth-order valence-corrected chi connectivity index (χ4v) is 4.47. The molecule has 0 N–H and O–H groups in total. The first kappa shape index (κ1) is 19.9. The van der Waals surface area contributed by atoms with E-state index in [0.29, 0.717) is 30.0 Å². The van der Waals surface area contributed by atoms with Crippen LogP contribution < -0.4 is 9.47 Å². The van der Waals surface area contributed by atoms with Crippen molar-refractivity contribution in [2.75, 3.05) is 52.4 Å². The largest absolute Gasteiger partial charge is 0.493 e. The fraction of sp³-hybridized carbons (Fsp3) is 0.600. The molecule has 2 aliphatic rings. The molecular weight excluding hydrogens is 364 g/mol. The maximum absolute atomic E-state index is 13.0. The van der Waals surface area contributed by atoms with Crippen molar-refractivity contribution in [2.24, 2.45) is 5.41 Å². The van der Waals surface area contributed by atoms with E-state index in [9.17, 15) is 9.59 Å². The van der Waals surface area contributed by atoms with E-state index in [0.717, 1.165) is 38.2 Å². The summed E-state index contributed by atoms with van der Waals surface area (Å²) in [6.07, 6.45) is 4.56. The number of methoxy groups -OCH3 is 2. The van der Waals surface area contributed by atoms with Crippen molar-refractivity contribution in [1.82, 2.24) is 9.80 Å². The Morgan fingerprint density at radius 2 is 1.74 bits per heavy atom. The summed E-state index contributed by atoms with van der Waals surface area (Å²) in [5.41, 5.74) is 0.664. The summed E-state index contributed by atoms with van der Waals surface area (Å²) >= 11 is 1.70. The monoisotopic (exact) mass is 392 g/mol. The Hall–Kier alpha value is -1.89. The van der Waals surface area contributed by atoms with Crippen molar-refractivity contribution in [3.8, 4) is 11.5 Å². The lowest BCUT2D eigenvalue weighted by Gasteiger charge is -2.25. The number of carbonyl (C=O) groups excluding carboxylic acids is 2. The molecule has 0 radical (unpaired) electrons. The van der Waals surface area contributed by atoms with E-state index in [4.69, 9.17) is 9.47 Å². The molecule has 0 saturated carbocycles. The SMILES string of the molecule is COc1ccc(C(=O)N2CCC3(CCN(C(=O)CCSC)C3)C2)cc1OC. The molecule has 2 heterocycles. The Bertz CT molecular complexity index is 711. The molecule has 1 spiro atoms. The van der Waals surface area contributed by atoms with Crippen LogP contribution in [0.4, 0.5) is 0 Å². The van der Waals surface area contributed by atoms with Gasteiger partial charge >= 0.3 is 0 Å². The molecular formula is C20H28N2O4S. The first-order chi connectivity index (χ1) is 13.0. The van der Waals surface area contributed by atoms with Gasteiger partial charge < -0.3 is 19.3 Å². The van der Waals surface area contributed by atoms with Crippen LogP contribution in [0.25, 0.3) is 0 Å². The summed E-state index contributed by atoms with van der Waals surface area (Å²) < 4.78 is 10.6. The second-order valence-electron chi connectivity index (χ2n) is 7.35. The first-order valence-corrected chi connectivity index (χ1v) is 10.7. The maximum atomic E-state index is 13.0. The molecule has 1 aromatic rings. The molecule has 2 fully saturated rings. The summed E-state index contributed by atoms with van der Waals surface area (Å²) in [5.74, 6) is 2.29. The van der Waals surface area contributed by atoms with Gasteiger partial charge in [-0.2, -0.15) is 11.8 Å². The van der Waals surface area contributed by atoms with Crippen LogP contribution in [-0.2, 0) is 4.79 Å². The van der Waals surface area contributed by atoms with E-state index in [1.807, 2.05) is 16.1 Å². The van der Waals surface area contributed by atoms with Gasteiger partial charge in [0.2, 0.25) is 5.91 Å². The minimum Gasteiger partial charge on any atom is -0.493 e. The number of hydrogen-bond donors (Lipinski definition) is 0. The lowest BCUT2D eigenvalue weighted by atomic mass is 9.86. The van der Waals surface area contributed by atoms with E-state index >= 15 is 0 Å². The topological polar surface area (TPSA) is 59.1 Å². The predicted molar refractivity (Wildman–Crippen MR) is 107 cm³/mol. The average molecular weight is 393 g/mol. The third kappa shape index (κ3) is 4.18. The molecule has 148 valence electrons. The normalized spacial score (nSPS) is 21.7. The van der Waals surface area contributed by atoms with E-state index in [2.05, 4.69) is 0 Å². The number of carbonyl (C=O) groups is 2. The molecule has 1 atom stereocenters. The minimum atomic E-state index is 0.0139. The number of amides is 2. The second kappa shape index (κ2) is 8.42. The third-order valence-corrected chi connectivity index (χ3v) is 6.28. The summed E-state index contributed by atoms with van der Waals surface area (Å²) in [5, 5.41) is 0. The van der Waals surface area contributed by atoms with Gasteiger partial charge in [-0.1, -0.05) is 0 Å². The highest BCUT2D eigenvalue weighted by Gasteiger charge is 2.45. The highest BCUT2D eigenvalue weighted by molar-refractivity contribution is 7.98. The molecule has 0 aromatic heterocycles. The van der Waals surface area contributed by atoms with Gasteiger partial charge in [0, 0.05) is 49.3 Å². The van der Waals surface area contributed by atoms with Crippen LogP contribution in [0.3, 0.4) is 0 Å². The molecule has 2 aliphatic heterocycles. The second-order valence-corrected chi connectivity index (χ2v) is 8.34. The van der Waals surface area contributed by atoms with Crippen molar-refractivity contribution in [2.45, 2.75) is 19.3 Å². The van der Waals surface area contributed by atoms with Crippen molar-refractivity contribution in [3.05, 3.63) is 23.8 Å². The number of benzene rings is 1. The van der Waals surface area contributed by atoms with E-state index < -0.39 is 0 Å². The van der Waals surface area contributed by atoms with Crippen molar-refractivity contribution >= 4 is 23.6 Å². The number of rotatable bonds is 6. The van der Waals surface area contributed by atoms with Crippen LogP contribution in [-0.4, -0.2) is 74.0 Å². The molecule has 6 nitrogen and oxygen atoms in total. The average Bonchev–Trinajstić information content (AvgIpc) is 3.32. The van der Waals surface area contributed by atoms with Crippen LogP contribution in [0, 0.1) is 5.41 Å². The van der Waals surface area contributed by atoms with Gasteiger partial charge in [-0.15, -0.1) is 0 Å². The summed E-state index contributed by atoms with van der Waals surface area (Å²) in [7, 11) is 3.15. The molecule has 7 heteroatoms. The van der Waals surface area contributed by atoms with Crippen LogP contribution in [0.2, 0.25) is 0 Å². The smallest absolute Gasteiger partial charge is 0.254 e. The van der Waals surface area contributed by atoms with Crippen molar-refractivity contribution < 1.29 is 19.1 Å². The molecule has 2 saturated heterocycles. The number of likely N-dealkylation sites (tertiary alicyclic amines) is 2. The van der Waals surface area contributed by atoms with Gasteiger partial charge in [0.1, 0.15) is 0 Å². The van der Waals surface area contributed by atoms with E-state index in [-0.39, 0.29) is 17.2 Å². The fourth-order valence-electron chi connectivity index (χ4n) is 4.09.